The molecule has 0 aromatic heterocycles. The highest BCUT2D eigenvalue weighted by Crippen LogP contribution is 2.38. The summed E-state index contributed by atoms with van der Waals surface area (Å²) >= 11 is 3.54. The van der Waals surface area contributed by atoms with Crippen LogP contribution in [-0.4, -0.2) is 11.1 Å². The Hall–Kier alpha value is -0.830. The van der Waals surface area contributed by atoms with Crippen molar-refractivity contribution < 1.29 is 9.90 Å². The van der Waals surface area contributed by atoms with Crippen molar-refractivity contribution in [3.63, 3.8) is 0 Å². The zero-order valence-electron chi connectivity index (χ0n) is 9.03. The van der Waals surface area contributed by atoms with Crippen molar-refractivity contribution in [3.05, 3.63) is 34.3 Å². The second-order valence-corrected chi connectivity index (χ2v) is 5.27. The number of hydrogen-bond donors (Lipinski definition) is 1. The van der Waals surface area contributed by atoms with E-state index in [-0.39, 0.29) is 5.92 Å². The molecule has 2 atom stereocenters. The molecule has 1 aliphatic rings. The lowest BCUT2D eigenvalue weighted by Crippen LogP contribution is -2.21. The maximum atomic E-state index is 11.0. The molecule has 0 aliphatic heterocycles. The minimum Gasteiger partial charge on any atom is -0.481 e. The molecule has 1 aromatic rings. The summed E-state index contributed by atoms with van der Waals surface area (Å²) < 4.78 is 1.10. The first-order chi connectivity index (χ1) is 7.68. The number of aliphatic carboxylic acids is 1. The second kappa shape index (κ2) is 5.00. The Bertz CT molecular complexity index is 389. The molecule has 0 saturated heterocycles. The van der Waals surface area contributed by atoms with E-state index >= 15 is 0 Å². The standard InChI is InChI=1S/C13H15BrO2/c14-12-7-2-1-6-11(12)9-4-3-5-10(8-9)13(15)16/h1-2,6-7,9-10H,3-5,8H2,(H,15,16). The van der Waals surface area contributed by atoms with Crippen LogP contribution in [0.5, 0.6) is 0 Å². The van der Waals surface area contributed by atoms with Crippen molar-refractivity contribution >= 4 is 21.9 Å². The quantitative estimate of drug-likeness (QED) is 0.896. The van der Waals surface area contributed by atoms with Crippen molar-refractivity contribution in [3.8, 4) is 0 Å². The van der Waals surface area contributed by atoms with E-state index in [0.29, 0.717) is 5.92 Å². The topological polar surface area (TPSA) is 37.3 Å². The van der Waals surface area contributed by atoms with E-state index < -0.39 is 5.97 Å². The highest BCUT2D eigenvalue weighted by Gasteiger charge is 2.28. The Labute approximate surface area is 104 Å². The fraction of sp³-hybridized carbons (Fsp3) is 0.462. The Morgan fingerprint density at radius 1 is 1.31 bits per heavy atom. The Morgan fingerprint density at radius 3 is 2.75 bits per heavy atom. The zero-order chi connectivity index (χ0) is 11.5. The van der Waals surface area contributed by atoms with Crippen molar-refractivity contribution in [2.24, 2.45) is 5.92 Å². The highest BCUT2D eigenvalue weighted by molar-refractivity contribution is 9.10. The van der Waals surface area contributed by atoms with Gasteiger partial charge in [-0.2, -0.15) is 0 Å². The second-order valence-electron chi connectivity index (χ2n) is 4.42. The molecule has 1 fully saturated rings. The predicted octanol–water partition coefficient (Wildman–Crippen LogP) is 3.81. The summed E-state index contributed by atoms with van der Waals surface area (Å²) in [6.45, 7) is 0. The number of carboxylic acids is 1. The molecule has 1 aliphatic carbocycles. The average Bonchev–Trinajstić information content (AvgIpc) is 2.30. The minimum atomic E-state index is -0.642. The molecular weight excluding hydrogens is 268 g/mol. The van der Waals surface area contributed by atoms with E-state index in [1.165, 1.54) is 5.56 Å². The van der Waals surface area contributed by atoms with E-state index in [0.717, 1.165) is 30.2 Å². The normalized spacial score (nSPS) is 25.3. The molecule has 0 spiro atoms. The molecular formula is C13H15BrO2. The molecule has 2 unspecified atom stereocenters. The van der Waals surface area contributed by atoms with Crippen LogP contribution in [0.1, 0.15) is 37.2 Å². The van der Waals surface area contributed by atoms with Gasteiger partial charge >= 0.3 is 5.97 Å². The smallest absolute Gasteiger partial charge is 0.306 e. The Kier molecular flexibility index (Phi) is 3.64. The van der Waals surface area contributed by atoms with E-state index in [1.54, 1.807) is 0 Å². The molecule has 3 heteroatoms. The van der Waals surface area contributed by atoms with E-state index in [4.69, 9.17) is 5.11 Å². The van der Waals surface area contributed by atoms with Gasteiger partial charge in [0.1, 0.15) is 0 Å². The van der Waals surface area contributed by atoms with Crippen LogP contribution in [-0.2, 0) is 4.79 Å². The van der Waals surface area contributed by atoms with Gasteiger partial charge in [0.15, 0.2) is 0 Å². The summed E-state index contributed by atoms with van der Waals surface area (Å²) in [5, 5.41) is 9.06. The summed E-state index contributed by atoms with van der Waals surface area (Å²) in [6.07, 6.45) is 3.73. The molecule has 0 amide bonds. The average molecular weight is 283 g/mol. The first kappa shape index (κ1) is 11.6. The lowest BCUT2D eigenvalue weighted by atomic mass is 9.78. The van der Waals surface area contributed by atoms with Gasteiger partial charge in [0.2, 0.25) is 0 Å². The molecule has 86 valence electrons. The van der Waals surface area contributed by atoms with Crippen LogP contribution in [0.4, 0.5) is 0 Å². The van der Waals surface area contributed by atoms with Crippen molar-refractivity contribution in [2.45, 2.75) is 31.6 Å². The van der Waals surface area contributed by atoms with Crippen LogP contribution in [0.15, 0.2) is 28.7 Å². The van der Waals surface area contributed by atoms with Crippen LogP contribution in [0, 0.1) is 5.92 Å². The van der Waals surface area contributed by atoms with Crippen LogP contribution in [0.25, 0.3) is 0 Å². The van der Waals surface area contributed by atoms with Gasteiger partial charge in [0.25, 0.3) is 0 Å². The van der Waals surface area contributed by atoms with Crippen LogP contribution < -0.4 is 0 Å². The van der Waals surface area contributed by atoms with Gasteiger partial charge < -0.3 is 5.11 Å². The van der Waals surface area contributed by atoms with Gasteiger partial charge in [-0.1, -0.05) is 40.5 Å². The SMILES string of the molecule is O=C(O)C1CCCC(c2ccccc2Br)C1. The predicted molar refractivity (Wildman–Crippen MR) is 66.5 cm³/mol. The largest absolute Gasteiger partial charge is 0.481 e. The Balaban J connectivity index is 2.16. The third kappa shape index (κ3) is 2.46. The van der Waals surface area contributed by atoms with Crippen LogP contribution in [0.3, 0.4) is 0 Å². The third-order valence-corrected chi connectivity index (χ3v) is 4.09. The lowest BCUT2D eigenvalue weighted by Gasteiger charge is -2.27. The maximum absolute atomic E-state index is 11.0. The van der Waals surface area contributed by atoms with Gasteiger partial charge in [0, 0.05) is 4.47 Å². The molecule has 0 bridgehead atoms. The first-order valence-corrected chi connectivity index (χ1v) is 6.45. The van der Waals surface area contributed by atoms with Crippen molar-refractivity contribution in [1.82, 2.24) is 0 Å². The van der Waals surface area contributed by atoms with Gasteiger partial charge in [-0.05, 0) is 36.8 Å². The minimum absolute atomic E-state index is 0.161. The summed E-state index contributed by atoms with van der Waals surface area (Å²) in [5.41, 5.74) is 1.26. The maximum Gasteiger partial charge on any atom is 0.306 e. The van der Waals surface area contributed by atoms with E-state index in [2.05, 4.69) is 22.0 Å². The molecule has 1 N–H and O–H groups in total. The van der Waals surface area contributed by atoms with Gasteiger partial charge in [-0.3, -0.25) is 4.79 Å². The molecule has 1 saturated carbocycles. The van der Waals surface area contributed by atoms with Gasteiger partial charge in [0.05, 0.1) is 5.92 Å². The molecule has 2 rings (SSSR count). The monoisotopic (exact) mass is 282 g/mol. The van der Waals surface area contributed by atoms with E-state index in [9.17, 15) is 4.79 Å². The highest BCUT2D eigenvalue weighted by atomic mass is 79.9. The summed E-state index contributed by atoms with van der Waals surface area (Å²) in [7, 11) is 0. The number of benzene rings is 1. The van der Waals surface area contributed by atoms with Crippen molar-refractivity contribution in [1.29, 1.82) is 0 Å². The molecule has 1 aromatic carbocycles. The number of hydrogen-bond acceptors (Lipinski definition) is 1. The molecule has 0 radical (unpaired) electrons. The fourth-order valence-corrected chi connectivity index (χ4v) is 3.11. The number of rotatable bonds is 2. The number of carbonyl (C=O) groups is 1. The lowest BCUT2D eigenvalue weighted by molar-refractivity contribution is -0.142. The van der Waals surface area contributed by atoms with Gasteiger partial charge in [-0.25, -0.2) is 0 Å². The van der Waals surface area contributed by atoms with E-state index in [1.807, 2.05) is 18.2 Å². The van der Waals surface area contributed by atoms with Crippen LogP contribution in [0.2, 0.25) is 0 Å². The molecule has 16 heavy (non-hydrogen) atoms. The Morgan fingerprint density at radius 2 is 2.06 bits per heavy atom. The van der Waals surface area contributed by atoms with Crippen LogP contribution >= 0.6 is 15.9 Å². The number of halogens is 1. The third-order valence-electron chi connectivity index (χ3n) is 3.37. The first-order valence-electron chi connectivity index (χ1n) is 5.65. The zero-order valence-corrected chi connectivity index (χ0v) is 10.6. The number of carboxylic acid groups (broad SMARTS) is 1. The summed E-state index contributed by atoms with van der Waals surface area (Å²) in [6, 6.07) is 8.13. The molecule has 0 heterocycles. The summed E-state index contributed by atoms with van der Waals surface area (Å²) in [4.78, 5) is 11.0. The molecule has 2 nitrogen and oxygen atoms in total. The summed E-state index contributed by atoms with van der Waals surface area (Å²) in [5.74, 6) is -0.409. The van der Waals surface area contributed by atoms with Gasteiger partial charge in [-0.15, -0.1) is 0 Å². The fourth-order valence-electron chi connectivity index (χ4n) is 2.50. The van der Waals surface area contributed by atoms with Crippen molar-refractivity contribution in [2.75, 3.05) is 0 Å².